The first kappa shape index (κ1) is 18.8. The lowest BCUT2D eigenvalue weighted by molar-refractivity contribution is -0.130. The van der Waals surface area contributed by atoms with Crippen LogP contribution in [-0.2, 0) is 17.6 Å². The van der Waals surface area contributed by atoms with Crippen LogP contribution in [0.15, 0.2) is 54.7 Å². The smallest absolute Gasteiger partial charge is 0.227 e. The molecule has 140 valence electrons. The second kappa shape index (κ2) is 8.16. The number of amides is 1. The van der Waals surface area contributed by atoms with Crippen LogP contribution in [0.4, 0.5) is 0 Å². The van der Waals surface area contributed by atoms with Gasteiger partial charge in [-0.2, -0.15) is 5.10 Å². The summed E-state index contributed by atoms with van der Waals surface area (Å²) in [5.41, 5.74) is 4.91. The number of aryl methyl sites for hydroxylation is 1. The molecule has 5 heteroatoms. The lowest BCUT2D eigenvalue weighted by Crippen LogP contribution is -2.37. The second-order valence-electron chi connectivity index (χ2n) is 6.95. The maximum Gasteiger partial charge on any atom is 0.227 e. The molecule has 0 saturated carbocycles. The summed E-state index contributed by atoms with van der Waals surface area (Å²) in [4.78, 5) is 19.0. The maximum absolute atomic E-state index is 12.9. The van der Waals surface area contributed by atoms with Crippen molar-refractivity contribution in [1.29, 1.82) is 0 Å². The third-order valence-corrected chi connectivity index (χ3v) is 5.06. The van der Waals surface area contributed by atoms with Crippen LogP contribution in [0, 0.1) is 13.8 Å². The van der Waals surface area contributed by atoms with Crippen LogP contribution in [0.2, 0.25) is 0 Å². The fourth-order valence-corrected chi connectivity index (χ4v) is 3.23. The van der Waals surface area contributed by atoms with E-state index in [0.717, 1.165) is 34.8 Å². The molecule has 0 aliphatic carbocycles. The molecule has 2 heterocycles. The number of hydrogen-bond acceptors (Lipinski definition) is 3. The number of carbonyl (C=O) groups excluding carboxylic acids is 1. The zero-order chi connectivity index (χ0) is 19.4. The topological polar surface area (TPSA) is 51.0 Å². The van der Waals surface area contributed by atoms with Crippen molar-refractivity contribution in [3.8, 4) is 5.69 Å². The first-order valence-corrected chi connectivity index (χ1v) is 9.23. The van der Waals surface area contributed by atoms with Gasteiger partial charge in [0, 0.05) is 42.7 Å². The molecule has 3 rings (SSSR count). The Morgan fingerprint density at radius 3 is 2.48 bits per heavy atom. The van der Waals surface area contributed by atoms with E-state index in [4.69, 9.17) is 0 Å². The molecule has 1 aromatic carbocycles. The summed E-state index contributed by atoms with van der Waals surface area (Å²) in [6.45, 7) is 6.04. The summed E-state index contributed by atoms with van der Waals surface area (Å²) in [5.74, 6) is 0.0947. The van der Waals surface area contributed by atoms with Gasteiger partial charge in [0.05, 0.1) is 17.8 Å². The van der Waals surface area contributed by atoms with Crippen molar-refractivity contribution < 1.29 is 4.79 Å². The Balaban J connectivity index is 1.73. The highest BCUT2D eigenvalue weighted by Crippen LogP contribution is 2.19. The highest BCUT2D eigenvalue weighted by atomic mass is 16.2. The molecule has 0 fully saturated rings. The Bertz CT molecular complexity index is 903. The van der Waals surface area contributed by atoms with E-state index >= 15 is 0 Å². The Labute approximate surface area is 160 Å². The maximum atomic E-state index is 12.9. The molecule has 0 bridgehead atoms. The highest BCUT2D eigenvalue weighted by molar-refractivity contribution is 5.79. The summed E-state index contributed by atoms with van der Waals surface area (Å²) in [6, 6.07) is 16.0. The zero-order valence-corrected chi connectivity index (χ0v) is 16.4. The zero-order valence-electron chi connectivity index (χ0n) is 16.4. The molecule has 5 nitrogen and oxygen atoms in total. The number of rotatable bonds is 6. The van der Waals surface area contributed by atoms with Crippen molar-refractivity contribution in [3.63, 3.8) is 0 Å². The van der Waals surface area contributed by atoms with Gasteiger partial charge in [0.2, 0.25) is 5.91 Å². The lowest BCUT2D eigenvalue weighted by atomic mass is 10.1. The number of para-hydroxylation sites is 1. The van der Waals surface area contributed by atoms with E-state index in [1.54, 1.807) is 6.20 Å². The average molecular weight is 362 g/mol. The summed E-state index contributed by atoms with van der Waals surface area (Å²) < 4.78 is 1.91. The van der Waals surface area contributed by atoms with E-state index in [0.29, 0.717) is 6.42 Å². The molecule has 0 spiro atoms. The number of likely N-dealkylation sites (N-methyl/N-ethyl adjacent to an activating group) is 1. The highest BCUT2D eigenvalue weighted by Gasteiger charge is 2.21. The average Bonchev–Trinajstić information content (AvgIpc) is 2.97. The third kappa shape index (κ3) is 4.25. The van der Waals surface area contributed by atoms with Gasteiger partial charge in [-0.15, -0.1) is 0 Å². The molecular weight excluding hydrogens is 336 g/mol. The molecule has 0 N–H and O–H groups in total. The number of nitrogens with zero attached hydrogens (tertiary/aromatic N) is 4. The van der Waals surface area contributed by atoms with Crippen LogP contribution in [0.25, 0.3) is 5.69 Å². The van der Waals surface area contributed by atoms with Gasteiger partial charge in [0.25, 0.3) is 0 Å². The molecule has 1 atom stereocenters. The molecule has 0 radical (unpaired) electrons. The van der Waals surface area contributed by atoms with Gasteiger partial charge < -0.3 is 4.90 Å². The van der Waals surface area contributed by atoms with Crippen LogP contribution in [0.3, 0.4) is 0 Å². The van der Waals surface area contributed by atoms with E-state index in [1.807, 2.05) is 79.0 Å². The SMILES string of the molecule is Cc1nn(-c2ccccc2)c(C)c1CC(=O)N(C)[C@H](C)Cc1ccccn1. The number of carbonyl (C=O) groups is 1. The Kier molecular flexibility index (Phi) is 5.69. The third-order valence-electron chi connectivity index (χ3n) is 5.06. The lowest BCUT2D eigenvalue weighted by Gasteiger charge is -2.25. The molecule has 0 unspecified atom stereocenters. The summed E-state index contributed by atoms with van der Waals surface area (Å²) >= 11 is 0. The van der Waals surface area contributed by atoms with Crippen molar-refractivity contribution in [2.45, 2.75) is 39.7 Å². The Morgan fingerprint density at radius 1 is 1.11 bits per heavy atom. The van der Waals surface area contributed by atoms with Gasteiger partial charge in [-0.1, -0.05) is 24.3 Å². The predicted molar refractivity (Wildman–Crippen MR) is 107 cm³/mol. The van der Waals surface area contributed by atoms with Crippen LogP contribution < -0.4 is 0 Å². The number of benzene rings is 1. The van der Waals surface area contributed by atoms with Crippen LogP contribution in [0.1, 0.15) is 29.6 Å². The van der Waals surface area contributed by atoms with Crippen LogP contribution in [-0.4, -0.2) is 38.7 Å². The molecule has 0 aliphatic rings. The Morgan fingerprint density at radius 2 is 1.81 bits per heavy atom. The standard InChI is InChI=1S/C22H26N4O/c1-16(14-19-10-8-9-13-23-19)25(4)22(27)15-21-17(2)24-26(18(21)3)20-11-6-5-7-12-20/h5-13,16H,14-15H2,1-4H3/t16-/m1/s1. The van der Waals surface area contributed by atoms with Crippen LogP contribution >= 0.6 is 0 Å². The fraction of sp³-hybridized carbons (Fsp3) is 0.318. The first-order valence-electron chi connectivity index (χ1n) is 9.23. The van der Waals surface area contributed by atoms with E-state index in [1.165, 1.54) is 0 Å². The predicted octanol–water partition coefficient (Wildman–Crippen LogP) is 3.52. The largest absolute Gasteiger partial charge is 0.342 e. The summed E-state index contributed by atoms with van der Waals surface area (Å²) in [5, 5.41) is 4.64. The monoisotopic (exact) mass is 362 g/mol. The minimum absolute atomic E-state index is 0.0807. The van der Waals surface area contributed by atoms with Gasteiger partial charge in [0.1, 0.15) is 0 Å². The van der Waals surface area contributed by atoms with E-state index in [2.05, 4.69) is 17.0 Å². The molecule has 0 saturated heterocycles. The van der Waals surface area contributed by atoms with E-state index < -0.39 is 0 Å². The molecule has 2 aromatic heterocycles. The quantitative estimate of drug-likeness (QED) is 0.674. The Hall–Kier alpha value is -2.95. The number of hydrogen-bond donors (Lipinski definition) is 0. The van der Waals surface area contributed by atoms with E-state index in [9.17, 15) is 4.79 Å². The minimum atomic E-state index is 0.0807. The van der Waals surface area contributed by atoms with Crippen molar-refractivity contribution in [1.82, 2.24) is 19.7 Å². The van der Waals surface area contributed by atoms with Gasteiger partial charge in [-0.25, -0.2) is 4.68 Å². The van der Waals surface area contributed by atoms with Crippen molar-refractivity contribution >= 4 is 5.91 Å². The van der Waals surface area contributed by atoms with Gasteiger partial charge in [0.15, 0.2) is 0 Å². The molecular formula is C22H26N4O. The molecule has 1 amide bonds. The molecule has 27 heavy (non-hydrogen) atoms. The van der Waals surface area contributed by atoms with Crippen molar-refractivity contribution in [3.05, 3.63) is 77.4 Å². The van der Waals surface area contributed by atoms with Gasteiger partial charge in [-0.3, -0.25) is 9.78 Å². The second-order valence-corrected chi connectivity index (χ2v) is 6.95. The summed E-state index contributed by atoms with van der Waals surface area (Å²) in [6.07, 6.45) is 2.88. The molecule has 0 aliphatic heterocycles. The first-order chi connectivity index (χ1) is 13.0. The summed E-state index contributed by atoms with van der Waals surface area (Å²) in [7, 11) is 1.86. The normalized spacial score (nSPS) is 12.0. The van der Waals surface area contributed by atoms with Gasteiger partial charge >= 0.3 is 0 Å². The van der Waals surface area contributed by atoms with Crippen molar-refractivity contribution in [2.75, 3.05) is 7.05 Å². The molecule has 3 aromatic rings. The fourth-order valence-electron chi connectivity index (χ4n) is 3.23. The van der Waals surface area contributed by atoms with Crippen LogP contribution in [0.5, 0.6) is 0 Å². The van der Waals surface area contributed by atoms with Crippen molar-refractivity contribution in [2.24, 2.45) is 0 Å². The number of pyridine rings is 1. The van der Waals surface area contributed by atoms with E-state index in [-0.39, 0.29) is 11.9 Å². The van der Waals surface area contributed by atoms with Gasteiger partial charge in [-0.05, 0) is 45.0 Å². The number of aromatic nitrogens is 3. The minimum Gasteiger partial charge on any atom is -0.342 e.